The normalized spacial score (nSPS) is 14.5. The Hall–Kier alpha value is -0.0800. The molecule has 0 aromatic rings. The van der Waals surface area contributed by atoms with E-state index < -0.39 is 0 Å². The number of hydrogen-bond donors (Lipinski definition) is 1. The maximum Gasteiger partial charge on any atom is 0.0480 e. The lowest BCUT2D eigenvalue weighted by molar-refractivity contribution is 0.118. The standard InChI is InChI=1S/C11H25NO/c1-6-12-10(11(3,4)5)8-9-13-7-2/h10,12H,6-9H2,1-5H3. The molecule has 0 heterocycles. The monoisotopic (exact) mass is 187 g/mol. The van der Waals surface area contributed by atoms with Gasteiger partial charge in [-0.1, -0.05) is 27.7 Å². The molecule has 0 aromatic heterocycles. The van der Waals surface area contributed by atoms with Gasteiger partial charge in [-0.2, -0.15) is 0 Å². The van der Waals surface area contributed by atoms with Crippen molar-refractivity contribution in [3.63, 3.8) is 0 Å². The molecule has 1 unspecified atom stereocenters. The fraction of sp³-hybridized carbons (Fsp3) is 1.00. The van der Waals surface area contributed by atoms with Gasteiger partial charge in [-0.05, 0) is 25.3 Å². The topological polar surface area (TPSA) is 21.3 Å². The Labute approximate surface area is 83.1 Å². The molecule has 1 N–H and O–H groups in total. The van der Waals surface area contributed by atoms with Gasteiger partial charge in [0.15, 0.2) is 0 Å². The fourth-order valence-electron chi connectivity index (χ4n) is 1.43. The second kappa shape index (κ2) is 6.39. The smallest absolute Gasteiger partial charge is 0.0480 e. The summed E-state index contributed by atoms with van der Waals surface area (Å²) in [7, 11) is 0. The molecule has 0 rings (SSSR count). The van der Waals surface area contributed by atoms with E-state index in [1.807, 2.05) is 6.92 Å². The van der Waals surface area contributed by atoms with Gasteiger partial charge in [-0.25, -0.2) is 0 Å². The lowest BCUT2D eigenvalue weighted by atomic mass is 9.85. The summed E-state index contributed by atoms with van der Waals surface area (Å²) < 4.78 is 5.37. The second-order valence-electron chi connectivity index (χ2n) is 4.46. The van der Waals surface area contributed by atoms with Gasteiger partial charge in [0, 0.05) is 19.3 Å². The molecule has 0 radical (unpaired) electrons. The van der Waals surface area contributed by atoms with Crippen LogP contribution >= 0.6 is 0 Å². The first-order chi connectivity index (χ1) is 6.02. The van der Waals surface area contributed by atoms with Crippen molar-refractivity contribution in [1.82, 2.24) is 5.32 Å². The maximum absolute atomic E-state index is 5.37. The third-order valence-corrected chi connectivity index (χ3v) is 2.25. The molecule has 0 saturated heterocycles. The van der Waals surface area contributed by atoms with Crippen LogP contribution in [-0.4, -0.2) is 25.8 Å². The number of ether oxygens (including phenoxy) is 1. The van der Waals surface area contributed by atoms with E-state index in [2.05, 4.69) is 33.0 Å². The summed E-state index contributed by atoms with van der Waals surface area (Å²) in [5, 5.41) is 3.50. The van der Waals surface area contributed by atoms with Gasteiger partial charge in [0.25, 0.3) is 0 Å². The largest absolute Gasteiger partial charge is 0.382 e. The molecule has 0 saturated carbocycles. The average Bonchev–Trinajstić information content (AvgIpc) is 2.01. The summed E-state index contributed by atoms with van der Waals surface area (Å²) in [6.45, 7) is 13.7. The molecule has 2 nitrogen and oxygen atoms in total. The Kier molecular flexibility index (Phi) is 6.35. The van der Waals surface area contributed by atoms with E-state index in [9.17, 15) is 0 Å². The van der Waals surface area contributed by atoms with E-state index in [1.54, 1.807) is 0 Å². The zero-order chi connectivity index (χ0) is 10.3. The molecular weight excluding hydrogens is 162 g/mol. The zero-order valence-corrected chi connectivity index (χ0v) is 9.81. The van der Waals surface area contributed by atoms with Crippen molar-refractivity contribution in [2.24, 2.45) is 5.41 Å². The zero-order valence-electron chi connectivity index (χ0n) is 9.81. The minimum absolute atomic E-state index is 0.326. The first-order valence-electron chi connectivity index (χ1n) is 5.33. The van der Waals surface area contributed by atoms with Crippen LogP contribution in [0.3, 0.4) is 0 Å². The summed E-state index contributed by atoms with van der Waals surface area (Å²) in [5.41, 5.74) is 0.326. The molecule has 0 spiro atoms. The highest BCUT2D eigenvalue weighted by atomic mass is 16.5. The molecule has 1 atom stereocenters. The Morgan fingerprint density at radius 2 is 1.85 bits per heavy atom. The van der Waals surface area contributed by atoms with Gasteiger partial charge in [0.2, 0.25) is 0 Å². The van der Waals surface area contributed by atoms with E-state index in [1.165, 1.54) is 0 Å². The highest BCUT2D eigenvalue weighted by Crippen LogP contribution is 2.21. The van der Waals surface area contributed by atoms with E-state index in [0.717, 1.165) is 26.2 Å². The molecule has 0 aromatic carbocycles. The summed E-state index contributed by atoms with van der Waals surface area (Å²) in [5.74, 6) is 0. The van der Waals surface area contributed by atoms with Gasteiger partial charge in [-0.15, -0.1) is 0 Å². The van der Waals surface area contributed by atoms with Crippen molar-refractivity contribution in [3.8, 4) is 0 Å². The fourth-order valence-corrected chi connectivity index (χ4v) is 1.43. The van der Waals surface area contributed by atoms with Crippen LogP contribution in [0.4, 0.5) is 0 Å². The van der Waals surface area contributed by atoms with E-state index in [4.69, 9.17) is 4.74 Å². The van der Waals surface area contributed by atoms with Crippen LogP contribution in [0.5, 0.6) is 0 Å². The van der Waals surface area contributed by atoms with Crippen LogP contribution in [0.2, 0.25) is 0 Å². The number of rotatable bonds is 6. The Morgan fingerprint density at radius 1 is 1.23 bits per heavy atom. The van der Waals surface area contributed by atoms with Crippen molar-refractivity contribution in [2.75, 3.05) is 19.8 Å². The third-order valence-electron chi connectivity index (χ3n) is 2.25. The van der Waals surface area contributed by atoms with Crippen LogP contribution < -0.4 is 5.32 Å². The minimum Gasteiger partial charge on any atom is -0.382 e. The van der Waals surface area contributed by atoms with Crippen LogP contribution in [0.1, 0.15) is 41.0 Å². The Morgan fingerprint density at radius 3 is 2.23 bits per heavy atom. The Bertz CT molecular complexity index is 118. The molecule has 0 aliphatic carbocycles. The van der Waals surface area contributed by atoms with Gasteiger partial charge in [-0.3, -0.25) is 0 Å². The predicted octanol–water partition coefficient (Wildman–Crippen LogP) is 2.44. The van der Waals surface area contributed by atoms with Crippen LogP contribution in [0.25, 0.3) is 0 Å². The predicted molar refractivity (Wildman–Crippen MR) is 58.0 cm³/mol. The van der Waals surface area contributed by atoms with E-state index in [0.29, 0.717) is 11.5 Å². The molecular formula is C11H25NO. The summed E-state index contributed by atoms with van der Waals surface area (Å²) >= 11 is 0. The van der Waals surface area contributed by atoms with Crippen molar-refractivity contribution in [3.05, 3.63) is 0 Å². The van der Waals surface area contributed by atoms with Crippen molar-refractivity contribution in [2.45, 2.75) is 47.1 Å². The average molecular weight is 187 g/mol. The summed E-state index contributed by atoms with van der Waals surface area (Å²) in [4.78, 5) is 0. The van der Waals surface area contributed by atoms with Crippen LogP contribution in [0.15, 0.2) is 0 Å². The second-order valence-corrected chi connectivity index (χ2v) is 4.46. The highest BCUT2D eigenvalue weighted by Gasteiger charge is 2.22. The third kappa shape index (κ3) is 6.05. The van der Waals surface area contributed by atoms with Gasteiger partial charge in [0.1, 0.15) is 0 Å². The quantitative estimate of drug-likeness (QED) is 0.645. The molecule has 0 amide bonds. The van der Waals surface area contributed by atoms with Crippen molar-refractivity contribution >= 4 is 0 Å². The van der Waals surface area contributed by atoms with Crippen molar-refractivity contribution in [1.29, 1.82) is 0 Å². The molecule has 0 aliphatic heterocycles. The molecule has 0 aliphatic rings. The van der Waals surface area contributed by atoms with Gasteiger partial charge < -0.3 is 10.1 Å². The molecule has 13 heavy (non-hydrogen) atoms. The lowest BCUT2D eigenvalue weighted by Gasteiger charge is -2.31. The number of hydrogen-bond acceptors (Lipinski definition) is 2. The van der Waals surface area contributed by atoms with Gasteiger partial charge >= 0.3 is 0 Å². The highest BCUT2D eigenvalue weighted by molar-refractivity contribution is 4.79. The van der Waals surface area contributed by atoms with E-state index in [-0.39, 0.29) is 0 Å². The summed E-state index contributed by atoms with van der Waals surface area (Å²) in [6, 6.07) is 0.559. The first kappa shape index (κ1) is 12.9. The van der Waals surface area contributed by atoms with Gasteiger partial charge in [0.05, 0.1) is 0 Å². The summed E-state index contributed by atoms with van der Waals surface area (Å²) in [6.07, 6.45) is 1.10. The van der Waals surface area contributed by atoms with Crippen LogP contribution in [-0.2, 0) is 4.74 Å². The molecule has 2 heteroatoms. The molecule has 0 fully saturated rings. The minimum atomic E-state index is 0.326. The lowest BCUT2D eigenvalue weighted by Crippen LogP contribution is -2.41. The molecule has 0 bridgehead atoms. The molecule has 80 valence electrons. The Balaban J connectivity index is 3.81. The van der Waals surface area contributed by atoms with E-state index >= 15 is 0 Å². The number of nitrogens with one attached hydrogen (secondary N) is 1. The maximum atomic E-state index is 5.37. The first-order valence-corrected chi connectivity index (χ1v) is 5.33. The van der Waals surface area contributed by atoms with Crippen LogP contribution in [0, 0.1) is 5.41 Å². The SMILES string of the molecule is CCNC(CCOCC)C(C)(C)C. The van der Waals surface area contributed by atoms with Crippen molar-refractivity contribution < 1.29 is 4.74 Å².